The molecular weight excluding hydrogens is 394 g/mol. The van der Waals surface area contributed by atoms with E-state index in [2.05, 4.69) is 24.8 Å². The summed E-state index contributed by atoms with van der Waals surface area (Å²) in [5.41, 5.74) is 0.867. The molecule has 0 saturated heterocycles. The van der Waals surface area contributed by atoms with E-state index in [1.165, 1.54) is 0 Å². The molecule has 1 heterocycles. The van der Waals surface area contributed by atoms with Crippen molar-refractivity contribution in [2.45, 2.75) is 46.5 Å². The number of aromatic nitrogens is 1. The van der Waals surface area contributed by atoms with E-state index in [-0.39, 0.29) is 24.2 Å². The van der Waals surface area contributed by atoms with Gasteiger partial charge in [-0.15, -0.1) is 12.4 Å². The molecule has 1 amide bonds. The zero-order chi connectivity index (χ0) is 19.2. The maximum absolute atomic E-state index is 13.3. The van der Waals surface area contributed by atoms with Crippen LogP contribution in [0.25, 0.3) is 10.2 Å². The van der Waals surface area contributed by atoms with Crippen LogP contribution < -0.4 is 9.64 Å². The van der Waals surface area contributed by atoms with Crippen molar-refractivity contribution in [2.75, 3.05) is 37.7 Å². The van der Waals surface area contributed by atoms with Crippen LogP contribution in [-0.4, -0.2) is 48.6 Å². The number of para-hydroxylation sites is 1. The number of ether oxygens (including phenoxy) is 1. The van der Waals surface area contributed by atoms with Gasteiger partial charge in [0.2, 0.25) is 5.91 Å². The van der Waals surface area contributed by atoms with E-state index in [4.69, 9.17) is 9.72 Å². The zero-order valence-corrected chi connectivity index (χ0v) is 18.8. The number of anilines is 1. The van der Waals surface area contributed by atoms with Gasteiger partial charge in [-0.25, -0.2) is 4.98 Å². The van der Waals surface area contributed by atoms with Crippen molar-refractivity contribution in [3.8, 4) is 5.75 Å². The van der Waals surface area contributed by atoms with Crippen LogP contribution in [0, 0.1) is 5.92 Å². The quantitative estimate of drug-likeness (QED) is 0.568. The molecule has 0 N–H and O–H groups in total. The number of fused-ring (bicyclic) bond motifs is 1. The zero-order valence-electron chi connectivity index (χ0n) is 17.1. The molecule has 0 spiro atoms. The van der Waals surface area contributed by atoms with Crippen LogP contribution >= 0.6 is 23.7 Å². The monoisotopic (exact) mass is 425 g/mol. The molecule has 156 valence electrons. The van der Waals surface area contributed by atoms with Gasteiger partial charge < -0.3 is 9.64 Å². The normalized spacial score (nSPS) is 14.4. The summed E-state index contributed by atoms with van der Waals surface area (Å²) in [5, 5.41) is 0.807. The number of hydrogen-bond donors (Lipinski definition) is 0. The molecule has 0 bridgehead atoms. The first kappa shape index (κ1) is 22.9. The molecule has 7 heteroatoms. The number of likely N-dealkylation sites (N-methyl/N-ethyl adjacent to an activating group) is 1. The molecule has 28 heavy (non-hydrogen) atoms. The fourth-order valence-electron chi connectivity index (χ4n) is 3.77. The van der Waals surface area contributed by atoms with E-state index < -0.39 is 0 Å². The van der Waals surface area contributed by atoms with Crippen LogP contribution in [0.1, 0.15) is 46.5 Å². The third kappa shape index (κ3) is 5.16. The molecular formula is C21H32ClN3O2S. The average molecular weight is 426 g/mol. The summed E-state index contributed by atoms with van der Waals surface area (Å²) in [5.74, 6) is 1.20. The summed E-state index contributed by atoms with van der Waals surface area (Å²) < 4.78 is 6.81. The number of rotatable bonds is 9. The van der Waals surface area contributed by atoms with Crippen LogP contribution in [0.15, 0.2) is 18.2 Å². The molecule has 1 aromatic heterocycles. The van der Waals surface area contributed by atoms with E-state index in [0.717, 1.165) is 66.4 Å². The lowest BCUT2D eigenvalue weighted by Crippen LogP contribution is -2.41. The first-order valence-corrected chi connectivity index (χ1v) is 11.1. The van der Waals surface area contributed by atoms with Crippen LogP contribution in [-0.2, 0) is 4.79 Å². The molecule has 3 rings (SSSR count). The van der Waals surface area contributed by atoms with Crippen LogP contribution in [0.5, 0.6) is 5.75 Å². The lowest BCUT2D eigenvalue weighted by molar-refractivity contribution is -0.122. The largest absolute Gasteiger partial charge is 0.492 e. The Labute approximate surface area is 178 Å². The third-order valence-electron chi connectivity index (χ3n) is 5.41. The van der Waals surface area contributed by atoms with Crippen molar-refractivity contribution >= 4 is 45.0 Å². The number of thiazole rings is 1. The van der Waals surface area contributed by atoms with Gasteiger partial charge in [0, 0.05) is 19.0 Å². The van der Waals surface area contributed by atoms with E-state index in [0.29, 0.717) is 13.2 Å². The Balaban J connectivity index is 0.00000280. The van der Waals surface area contributed by atoms with Gasteiger partial charge in [-0.1, -0.05) is 44.1 Å². The first-order valence-electron chi connectivity index (χ1n) is 10.2. The topological polar surface area (TPSA) is 45.7 Å². The number of carbonyl (C=O) groups excluding carboxylic acids is 1. The number of halogens is 1. The number of amides is 1. The van der Waals surface area contributed by atoms with E-state index in [9.17, 15) is 4.79 Å². The fourth-order valence-corrected chi connectivity index (χ4v) is 4.79. The number of benzene rings is 1. The summed E-state index contributed by atoms with van der Waals surface area (Å²) in [7, 11) is 0. The first-order chi connectivity index (χ1) is 13.2. The number of hydrogen-bond acceptors (Lipinski definition) is 5. The van der Waals surface area contributed by atoms with Crippen LogP contribution in [0.3, 0.4) is 0 Å². The van der Waals surface area contributed by atoms with Gasteiger partial charge in [0.25, 0.3) is 0 Å². The van der Waals surface area contributed by atoms with Crippen molar-refractivity contribution in [3.63, 3.8) is 0 Å². The van der Waals surface area contributed by atoms with E-state index in [1.807, 2.05) is 24.0 Å². The van der Waals surface area contributed by atoms with Gasteiger partial charge in [-0.3, -0.25) is 9.69 Å². The summed E-state index contributed by atoms with van der Waals surface area (Å²) in [6.45, 7) is 10.5. The SMILES string of the molecule is CCOc1cccc2sc(N(CCN(CC)CC)C(=O)C3CCCC3)nc12.Cl. The van der Waals surface area contributed by atoms with Crippen molar-refractivity contribution in [2.24, 2.45) is 5.92 Å². The molecule has 0 aliphatic heterocycles. The lowest BCUT2D eigenvalue weighted by Gasteiger charge is -2.26. The second-order valence-electron chi connectivity index (χ2n) is 7.03. The summed E-state index contributed by atoms with van der Waals surface area (Å²) in [6.07, 6.45) is 4.34. The molecule has 0 unspecified atom stereocenters. The highest BCUT2D eigenvalue weighted by molar-refractivity contribution is 7.22. The molecule has 0 radical (unpaired) electrons. The Bertz CT molecular complexity index is 757. The molecule has 1 fully saturated rings. The average Bonchev–Trinajstić information content (AvgIpc) is 3.35. The van der Waals surface area contributed by atoms with Crippen molar-refractivity contribution in [1.29, 1.82) is 0 Å². The molecule has 1 saturated carbocycles. The highest BCUT2D eigenvalue weighted by Crippen LogP contribution is 2.36. The Morgan fingerprint density at radius 3 is 2.54 bits per heavy atom. The third-order valence-corrected chi connectivity index (χ3v) is 6.45. The number of nitrogens with zero attached hydrogens (tertiary/aromatic N) is 3. The minimum Gasteiger partial charge on any atom is -0.492 e. The van der Waals surface area contributed by atoms with Gasteiger partial charge >= 0.3 is 0 Å². The lowest BCUT2D eigenvalue weighted by atomic mass is 10.1. The van der Waals surface area contributed by atoms with Crippen LogP contribution in [0.2, 0.25) is 0 Å². The smallest absolute Gasteiger partial charge is 0.231 e. The maximum Gasteiger partial charge on any atom is 0.231 e. The van der Waals surface area contributed by atoms with Gasteiger partial charge in [0.1, 0.15) is 11.3 Å². The molecule has 5 nitrogen and oxygen atoms in total. The van der Waals surface area contributed by atoms with Crippen molar-refractivity contribution in [1.82, 2.24) is 9.88 Å². The summed E-state index contributed by atoms with van der Waals surface area (Å²) >= 11 is 1.59. The summed E-state index contributed by atoms with van der Waals surface area (Å²) in [4.78, 5) is 22.4. The molecule has 2 aromatic rings. The molecule has 1 aromatic carbocycles. The van der Waals surface area contributed by atoms with Gasteiger partial charge in [0.15, 0.2) is 5.13 Å². The molecule has 1 aliphatic rings. The predicted octanol–water partition coefficient (Wildman–Crippen LogP) is 4.98. The van der Waals surface area contributed by atoms with Gasteiger partial charge in [-0.05, 0) is 45.0 Å². The second-order valence-corrected chi connectivity index (χ2v) is 8.04. The maximum atomic E-state index is 13.3. The van der Waals surface area contributed by atoms with Gasteiger partial charge in [0.05, 0.1) is 11.3 Å². The minimum atomic E-state index is 0. The van der Waals surface area contributed by atoms with Crippen molar-refractivity contribution in [3.05, 3.63) is 18.2 Å². The Hall–Kier alpha value is -1.37. The molecule has 1 aliphatic carbocycles. The highest BCUT2D eigenvalue weighted by Gasteiger charge is 2.30. The standard InChI is InChI=1S/C21H31N3O2S.ClH/c1-4-23(5-2)14-15-24(20(25)16-10-7-8-11-16)21-22-19-17(26-6-3)12-9-13-18(19)27-21;/h9,12-13,16H,4-8,10-11,14-15H2,1-3H3;1H. The van der Waals surface area contributed by atoms with Crippen molar-refractivity contribution < 1.29 is 9.53 Å². The summed E-state index contributed by atoms with van der Waals surface area (Å²) in [6, 6.07) is 6.00. The Morgan fingerprint density at radius 2 is 1.89 bits per heavy atom. The Kier molecular flexibility index (Phi) is 8.99. The number of carbonyl (C=O) groups is 1. The van der Waals surface area contributed by atoms with Crippen LogP contribution in [0.4, 0.5) is 5.13 Å². The fraction of sp³-hybridized carbons (Fsp3) is 0.619. The van der Waals surface area contributed by atoms with E-state index in [1.54, 1.807) is 11.3 Å². The molecule has 0 atom stereocenters. The minimum absolute atomic E-state index is 0. The van der Waals surface area contributed by atoms with E-state index >= 15 is 0 Å². The highest BCUT2D eigenvalue weighted by atomic mass is 35.5. The predicted molar refractivity (Wildman–Crippen MR) is 120 cm³/mol. The second kappa shape index (κ2) is 11.0. The Morgan fingerprint density at radius 1 is 1.18 bits per heavy atom. The van der Waals surface area contributed by atoms with Gasteiger partial charge in [-0.2, -0.15) is 0 Å².